The van der Waals surface area contributed by atoms with Crippen LogP contribution in [0.25, 0.3) is 5.69 Å². The lowest BCUT2D eigenvalue weighted by Gasteiger charge is -2.16. The smallest absolute Gasteiger partial charge is 0.322 e. The van der Waals surface area contributed by atoms with Gasteiger partial charge in [0.1, 0.15) is 5.82 Å². The quantitative estimate of drug-likeness (QED) is 0.413. The molecule has 2 aromatic carbocycles. The van der Waals surface area contributed by atoms with Crippen molar-refractivity contribution in [2.24, 2.45) is 11.3 Å². The Hall–Kier alpha value is -3.98. The van der Waals surface area contributed by atoms with Crippen molar-refractivity contribution in [3.05, 3.63) is 88.1 Å². The average Bonchev–Trinajstić information content (AvgIpc) is 3.59. The highest BCUT2D eigenvalue weighted by molar-refractivity contribution is 6.30. The largest absolute Gasteiger partial charge is 0.468 e. The fourth-order valence-corrected chi connectivity index (χ4v) is 3.85. The number of methoxy groups -OCH3 is 1. The van der Waals surface area contributed by atoms with E-state index in [0.29, 0.717) is 10.7 Å². The van der Waals surface area contributed by atoms with Crippen LogP contribution in [0.1, 0.15) is 6.42 Å². The normalized spacial score (nSPS) is 18.6. The van der Waals surface area contributed by atoms with Gasteiger partial charge < -0.3 is 15.4 Å². The van der Waals surface area contributed by atoms with Gasteiger partial charge >= 0.3 is 5.97 Å². The summed E-state index contributed by atoms with van der Waals surface area (Å²) in [5, 5.41) is 5.50. The van der Waals surface area contributed by atoms with Gasteiger partial charge in [-0.2, -0.15) is 0 Å². The lowest BCUT2D eigenvalue weighted by molar-refractivity contribution is -0.152. The molecule has 0 bridgehead atoms. The molecule has 1 aromatic heterocycles. The van der Waals surface area contributed by atoms with E-state index < -0.39 is 34.9 Å². The zero-order valence-corrected chi connectivity index (χ0v) is 18.6. The number of nitrogens with one attached hydrogen (secondary N) is 2. The van der Waals surface area contributed by atoms with Crippen LogP contribution in [0.2, 0.25) is 5.02 Å². The average molecular weight is 484 g/mol. The molecule has 1 aliphatic carbocycles. The first-order valence-corrected chi connectivity index (χ1v) is 10.6. The molecule has 0 unspecified atom stereocenters. The Labute approximate surface area is 198 Å². The van der Waals surface area contributed by atoms with Gasteiger partial charge in [0.05, 0.1) is 24.4 Å². The second kappa shape index (κ2) is 9.11. The highest BCUT2D eigenvalue weighted by Gasteiger charge is 2.70. The molecule has 1 saturated carbocycles. The minimum atomic E-state index is -1.78. The number of pyridine rings is 1. The summed E-state index contributed by atoms with van der Waals surface area (Å²) in [7, 11) is 1.11. The number of anilines is 2. The van der Waals surface area contributed by atoms with Crippen molar-refractivity contribution in [3.8, 4) is 5.69 Å². The molecule has 0 radical (unpaired) electrons. The Balaban J connectivity index is 1.53. The van der Waals surface area contributed by atoms with Crippen molar-refractivity contribution in [1.82, 2.24) is 4.57 Å². The third kappa shape index (κ3) is 4.29. The van der Waals surface area contributed by atoms with Crippen molar-refractivity contribution in [3.63, 3.8) is 0 Å². The predicted octanol–water partition coefficient (Wildman–Crippen LogP) is 3.39. The second-order valence-corrected chi connectivity index (χ2v) is 8.18. The van der Waals surface area contributed by atoms with E-state index in [-0.39, 0.29) is 23.4 Å². The Bertz CT molecular complexity index is 1340. The second-order valence-electron chi connectivity index (χ2n) is 7.74. The van der Waals surface area contributed by atoms with Gasteiger partial charge in [0.2, 0.25) is 11.8 Å². The first-order chi connectivity index (χ1) is 16.3. The van der Waals surface area contributed by atoms with E-state index in [9.17, 15) is 23.6 Å². The fourth-order valence-electron chi connectivity index (χ4n) is 3.72. The molecule has 34 heavy (non-hydrogen) atoms. The summed E-state index contributed by atoms with van der Waals surface area (Å²) < 4.78 is 20.8. The van der Waals surface area contributed by atoms with Crippen LogP contribution in [0.3, 0.4) is 0 Å². The standard InChI is InChI=1S/C24H19ClFN3O5/c1-34-23(33)24(13-17(24)21(31)27-15-7-5-14(25)6-8-15)22(32)28-19-10-9-16(12-18(19)26)29-11-3-2-4-20(29)30/h2-12,17H,13H2,1H3,(H,27,31)(H,28,32)/t17-,24+/m1/s1. The van der Waals surface area contributed by atoms with Gasteiger partial charge in [-0.3, -0.25) is 23.7 Å². The van der Waals surface area contributed by atoms with Crippen molar-refractivity contribution in [1.29, 1.82) is 0 Å². The molecule has 3 aromatic rings. The summed E-state index contributed by atoms with van der Waals surface area (Å²) in [6, 6.07) is 14.6. The number of nitrogens with zero attached hydrogens (tertiary/aromatic N) is 1. The van der Waals surface area contributed by atoms with E-state index in [4.69, 9.17) is 16.3 Å². The van der Waals surface area contributed by atoms with Crippen LogP contribution >= 0.6 is 11.6 Å². The molecule has 0 aliphatic heterocycles. The zero-order valence-electron chi connectivity index (χ0n) is 17.9. The Morgan fingerprint density at radius 2 is 1.82 bits per heavy atom. The molecule has 2 atom stereocenters. The number of amides is 2. The molecule has 2 N–H and O–H groups in total. The van der Waals surface area contributed by atoms with Crippen LogP contribution in [0.5, 0.6) is 0 Å². The molecule has 2 amide bonds. The van der Waals surface area contributed by atoms with Crippen LogP contribution in [-0.4, -0.2) is 29.5 Å². The number of esters is 1. The number of aromatic nitrogens is 1. The van der Waals surface area contributed by atoms with Crippen LogP contribution in [-0.2, 0) is 19.1 Å². The SMILES string of the molecule is COC(=O)[C@@]1(C(=O)Nc2ccc(-n3ccccc3=O)cc2F)C[C@@H]1C(=O)Nc1ccc(Cl)cc1. The molecule has 4 rings (SSSR count). The van der Waals surface area contributed by atoms with E-state index in [1.165, 1.54) is 29.0 Å². The number of hydrogen-bond acceptors (Lipinski definition) is 5. The maximum Gasteiger partial charge on any atom is 0.322 e. The van der Waals surface area contributed by atoms with E-state index >= 15 is 0 Å². The molecule has 174 valence electrons. The third-order valence-corrected chi connectivity index (χ3v) is 5.90. The Morgan fingerprint density at radius 1 is 1.09 bits per heavy atom. The number of halogens is 2. The summed E-state index contributed by atoms with van der Waals surface area (Å²) >= 11 is 5.84. The van der Waals surface area contributed by atoms with E-state index in [1.807, 2.05) is 0 Å². The van der Waals surface area contributed by atoms with Gasteiger partial charge in [-0.1, -0.05) is 17.7 Å². The van der Waals surface area contributed by atoms with E-state index in [2.05, 4.69) is 10.6 Å². The molecule has 0 saturated heterocycles. The molecule has 10 heteroatoms. The van der Waals surface area contributed by atoms with Gasteiger partial charge in [-0.15, -0.1) is 0 Å². The van der Waals surface area contributed by atoms with Crippen LogP contribution in [0, 0.1) is 17.2 Å². The summed E-state index contributed by atoms with van der Waals surface area (Å²) in [6.45, 7) is 0. The van der Waals surface area contributed by atoms with Crippen molar-refractivity contribution >= 4 is 40.8 Å². The van der Waals surface area contributed by atoms with Crippen LogP contribution in [0.4, 0.5) is 15.8 Å². The summed E-state index contributed by atoms with van der Waals surface area (Å²) in [5.74, 6) is -4.12. The van der Waals surface area contributed by atoms with Gasteiger partial charge in [0.15, 0.2) is 5.41 Å². The molecular weight excluding hydrogens is 465 g/mol. The van der Waals surface area contributed by atoms with Gasteiger partial charge in [-0.25, -0.2) is 4.39 Å². The predicted molar refractivity (Wildman–Crippen MR) is 123 cm³/mol. The lowest BCUT2D eigenvalue weighted by Crippen LogP contribution is -2.37. The fraction of sp³-hybridized carbons (Fsp3) is 0.167. The minimum Gasteiger partial charge on any atom is -0.468 e. The van der Waals surface area contributed by atoms with Crippen molar-refractivity contribution < 1.29 is 23.5 Å². The van der Waals surface area contributed by atoms with E-state index in [0.717, 1.165) is 13.2 Å². The molecule has 8 nitrogen and oxygen atoms in total. The van der Waals surface area contributed by atoms with Crippen molar-refractivity contribution in [2.75, 3.05) is 17.7 Å². The van der Waals surface area contributed by atoms with Crippen LogP contribution in [0.15, 0.2) is 71.7 Å². The topological polar surface area (TPSA) is 106 Å². The molecular formula is C24H19ClFN3O5. The number of ether oxygens (including phenoxy) is 1. The molecule has 1 fully saturated rings. The zero-order chi connectivity index (χ0) is 24.5. The van der Waals surface area contributed by atoms with Gasteiger partial charge in [0, 0.05) is 29.0 Å². The molecule has 1 aliphatic rings. The minimum absolute atomic E-state index is 0.0932. The van der Waals surface area contributed by atoms with E-state index in [1.54, 1.807) is 36.4 Å². The number of hydrogen-bond donors (Lipinski definition) is 2. The van der Waals surface area contributed by atoms with Crippen molar-refractivity contribution in [2.45, 2.75) is 6.42 Å². The third-order valence-electron chi connectivity index (χ3n) is 5.65. The summed E-state index contributed by atoms with van der Waals surface area (Å²) in [4.78, 5) is 50.2. The highest BCUT2D eigenvalue weighted by atomic mass is 35.5. The number of carbonyl (C=O) groups is 3. The lowest BCUT2D eigenvalue weighted by atomic mass is 10.0. The summed E-state index contributed by atoms with van der Waals surface area (Å²) in [5.41, 5.74) is -1.64. The number of benzene rings is 2. The first kappa shape index (κ1) is 23.2. The number of carbonyl (C=O) groups excluding carboxylic acids is 3. The molecule has 1 heterocycles. The number of rotatable bonds is 6. The maximum atomic E-state index is 14.8. The van der Waals surface area contributed by atoms with Gasteiger partial charge in [0.25, 0.3) is 5.56 Å². The maximum absolute atomic E-state index is 14.8. The summed E-state index contributed by atoms with van der Waals surface area (Å²) in [6.07, 6.45) is 1.39. The van der Waals surface area contributed by atoms with Gasteiger partial charge in [-0.05, 0) is 48.9 Å². The Kier molecular flexibility index (Phi) is 6.21. The van der Waals surface area contributed by atoms with Crippen LogP contribution < -0.4 is 16.2 Å². The monoisotopic (exact) mass is 483 g/mol. The molecule has 0 spiro atoms. The first-order valence-electron chi connectivity index (χ1n) is 10.2. The highest BCUT2D eigenvalue weighted by Crippen LogP contribution is 2.54. The Morgan fingerprint density at radius 3 is 2.47 bits per heavy atom.